The Hall–Kier alpha value is -3.62. The molecule has 3 aliphatic carbocycles. The maximum atomic E-state index is 14.3. The number of nitrogens with one attached hydrogen (secondary N) is 2. The summed E-state index contributed by atoms with van der Waals surface area (Å²) < 4.78 is 31.6. The highest BCUT2D eigenvalue weighted by Crippen LogP contribution is 2.60. The number of fused-ring (bicyclic) bond motifs is 3. The van der Waals surface area contributed by atoms with Crippen LogP contribution in [-0.4, -0.2) is 100 Å². The second-order valence-corrected chi connectivity index (χ2v) is 21.8. The molecular weight excluding hydrogens is 841 g/mol. The molecule has 2 amide bonds. The maximum absolute atomic E-state index is 14.3. The number of amides is 2. The fourth-order valence-corrected chi connectivity index (χ4v) is 10.8. The lowest BCUT2D eigenvalue weighted by molar-refractivity contribution is -0.190. The summed E-state index contributed by atoms with van der Waals surface area (Å²) in [4.78, 5) is 54.4. The predicted molar refractivity (Wildman–Crippen MR) is 252 cm³/mol. The van der Waals surface area contributed by atoms with Crippen LogP contribution in [0.2, 0.25) is 0 Å². The Labute approximate surface area is 393 Å². The zero-order chi connectivity index (χ0) is 48.0. The third-order valence-electron chi connectivity index (χ3n) is 14.7. The molecule has 4 N–H and O–H groups in total. The van der Waals surface area contributed by atoms with E-state index in [1.165, 1.54) is 12.5 Å². The number of carbonyl (C=O) groups is 4. The van der Waals surface area contributed by atoms with Crippen LogP contribution >= 0.6 is 0 Å². The number of aliphatic hydroxyl groups is 2. The van der Waals surface area contributed by atoms with Crippen LogP contribution < -0.4 is 10.6 Å². The molecule has 10 unspecified atom stereocenters. The van der Waals surface area contributed by atoms with Gasteiger partial charge in [0.1, 0.15) is 30.0 Å². The molecule has 2 heterocycles. The monoisotopic (exact) mass is 921 g/mol. The second kappa shape index (κ2) is 21.8. The van der Waals surface area contributed by atoms with Crippen LogP contribution in [0.4, 0.5) is 0 Å². The van der Waals surface area contributed by atoms with E-state index in [9.17, 15) is 29.4 Å². The Morgan fingerprint density at radius 2 is 1.68 bits per heavy atom. The van der Waals surface area contributed by atoms with Gasteiger partial charge in [-0.2, -0.15) is 0 Å². The fourth-order valence-electron chi connectivity index (χ4n) is 10.8. The van der Waals surface area contributed by atoms with Gasteiger partial charge in [-0.05, 0) is 127 Å². The first-order valence-electron chi connectivity index (χ1n) is 25.1. The summed E-state index contributed by atoms with van der Waals surface area (Å²) in [5, 5.41) is 26.2. The van der Waals surface area contributed by atoms with Crippen molar-refractivity contribution in [1.29, 1.82) is 0 Å². The number of aliphatic hydroxyl groups excluding tert-OH is 2. The van der Waals surface area contributed by atoms with Gasteiger partial charge in [0, 0.05) is 31.3 Å². The summed E-state index contributed by atoms with van der Waals surface area (Å²) in [6.07, 6.45) is 13.1. The molecular formula is C53H80N2O11. The van der Waals surface area contributed by atoms with Crippen molar-refractivity contribution in [2.24, 2.45) is 17.3 Å². The van der Waals surface area contributed by atoms with Crippen LogP contribution in [0.25, 0.3) is 6.08 Å². The Balaban J connectivity index is 1.21. The van der Waals surface area contributed by atoms with Crippen molar-refractivity contribution in [3.63, 3.8) is 0 Å². The standard InChI is InChI=1S/C53H80N2O11/c1-10-12-14-24-53(25-15-13-11-2)63-42-30-37(47(59)55-45(33(3)57)48(60)54-38(32-56)20-22-44(58)65-50(4,5)6)29-41(46(42)66-53)62-49(61)36-18-16-17-34(28-36)27-35-19-21-43-52(9,64-43)26-23-40-39(35)31-51(40,7)8/h16-18,27-28,30,33,38-43,45-46,56-57H,10-15,19-26,29,31-32H2,1-9H3,(H,54,60)(H,55,59). The van der Waals surface area contributed by atoms with Crippen molar-refractivity contribution < 1.29 is 53.1 Å². The van der Waals surface area contributed by atoms with E-state index in [0.29, 0.717) is 30.2 Å². The number of carbonyl (C=O) groups excluding carboxylic acids is 4. The molecule has 5 aliphatic rings. The highest BCUT2D eigenvalue weighted by Gasteiger charge is 2.56. The minimum atomic E-state index is -1.41. The van der Waals surface area contributed by atoms with Crippen LogP contribution in [-0.2, 0) is 38.1 Å². The van der Waals surface area contributed by atoms with E-state index in [0.717, 1.165) is 76.2 Å². The van der Waals surface area contributed by atoms with Gasteiger partial charge in [-0.1, -0.05) is 77.2 Å². The molecule has 66 heavy (non-hydrogen) atoms. The van der Waals surface area contributed by atoms with Crippen molar-refractivity contribution in [2.75, 3.05) is 6.61 Å². The largest absolute Gasteiger partial charge is 0.460 e. The smallest absolute Gasteiger partial charge is 0.338 e. The first kappa shape index (κ1) is 51.8. The van der Waals surface area contributed by atoms with Gasteiger partial charge in [-0.25, -0.2) is 4.79 Å². The van der Waals surface area contributed by atoms with Crippen molar-refractivity contribution in [3.05, 3.63) is 52.6 Å². The minimum Gasteiger partial charge on any atom is -0.460 e. The number of ether oxygens (including phenoxy) is 5. The van der Waals surface area contributed by atoms with Gasteiger partial charge in [0.15, 0.2) is 5.79 Å². The quantitative estimate of drug-likeness (QED) is 0.0560. The highest BCUT2D eigenvalue weighted by molar-refractivity contribution is 5.98. The number of epoxide rings is 1. The second-order valence-electron chi connectivity index (χ2n) is 21.8. The van der Waals surface area contributed by atoms with Crippen molar-refractivity contribution in [2.45, 2.75) is 225 Å². The van der Waals surface area contributed by atoms with E-state index >= 15 is 0 Å². The number of hydrogen-bond acceptors (Lipinski definition) is 11. The average molecular weight is 921 g/mol. The molecule has 10 atom stereocenters. The van der Waals surface area contributed by atoms with Gasteiger partial charge in [-0.3, -0.25) is 14.4 Å². The van der Waals surface area contributed by atoms with Gasteiger partial charge in [0.2, 0.25) is 11.8 Å². The van der Waals surface area contributed by atoms with Gasteiger partial charge in [0.25, 0.3) is 0 Å². The lowest BCUT2D eigenvalue weighted by Gasteiger charge is -2.53. The Kier molecular flexibility index (Phi) is 17.1. The summed E-state index contributed by atoms with van der Waals surface area (Å²) in [6, 6.07) is 5.31. The first-order valence-corrected chi connectivity index (χ1v) is 25.1. The SMILES string of the molecule is CCCCCC1(CCCCC)OC2C=C(C(=O)NC(C(=O)NC(CO)CCC(=O)OC(C)(C)C)C(C)O)CC(OC(=O)c3cccc(C=C4CCC5OC5(C)CCC5C4CC5(C)C)c3)C2O1. The molecule has 2 aliphatic heterocycles. The average Bonchev–Trinajstić information content (AvgIpc) is 3.73. The van der Waals surface area contributed by atoms with Gasteiger partial charge in [-0.15, -0.1) is 0 Å². The molecule has 4 fully saturated rings. The number of benzene rings is 1. The topological polar surface area (TPSA) is 182 Å². The molecule has 0 aromatic heterocycles. The normalized spacial score (nSPS) is 29.4. The molecule has 1 aromatic carbocycles. The number of esters is 2. The van der Waals surface area contributed by atoms with E-state index in [1.807, 2.05) is 18.2 Å². The molecule has 13 heteroatoms. The summed E-state index contributed by atoms with van der Waals surface area (Å²) in [5.74, 6) is -2.23. The molecule has 1 aromatic rings. The summed E-state index contributed by atoms with van der Waals surface area (Å²) in [6.45, 7) is 17.5. The Morgan fingerprint density at radius 1 is 0.970 bits per heavy atom. The zero-order valence-corrected chi connectivity index (χ0v) is 41.2. The van der Waals surface area contributed by atoms with E-state index < -0.39 is 78.2 Å². The van der Waals surface area contributed by atoms with Gasteiger partial charge >= 0.3 is 11.9 Å². The molecule has 13 nitrogen and oxygen atoms in total. The molecule has 0 spiro atoms. The van der Waals surface area contributed by atoms with Gasteiger partial charge in [0.05, 0.1) is 36.0 Å². The number of rotatable bonds is 20. The number of allylic oxidation sites excluding steroid dienone is 1. The molecule has 6 rings (SSSR count). The van der Waals surface area contributed by atoms with Crippen LogP contribution in [0.3, 0.4) is 0 Å². The lowest BCUT2D eigenvalue weighted by atomic mass is 9.52. The Bertz CT molecular complexity index is 1920. The zero-order valence-electron chi connectivity index (χ0n) is 41.2. The highest BCUT2D eigenvalue weighted by atomic mass is 16.8. The molecule has 0 radical (unpaired) electrons. The number of unbranched alkanes of at least 4 members (excludes halogenated alkanes) is 4. The summed E-state index contributed by atoms with van der Waals surface area (Å²) in [7, 11) is 0. The van der Waals surface area contributed by atoms with Crippen LogP contribution in [0.1, 0.15) is 181 Å². The van der Waals surface area contributed by atoms with Crippen molar-refractivity contribution >= 4 is 29.8 Å². The van der Waals surface area contributed by atoms with Crippen LogP contribution in [0.5, 0.6) is 0 Å². The molecule has 0 bridgehead atoms. The number of hydrogen-bond donors (Lipinski definition) is 4. The van der Waals surface area contributed by atoms with E-state index in [2.05, 4.69) is 51.3 Å². The minimum absolute atomic E-state index is 0.00890. The Morgan fingerprint density at radius 3 is 2.32 bits per heavy atom. The molecule has 368 valence electrons. The van der Waals surface area contributed by atoms with E-state index in [4.69, 9.17) is 23.7 Å². The van der Waals surface area contributed by atoms with Crippen LogP contribution in [0, 0.1) is 17.3 Å². The van der Waals surface area contributed by atoms with E-state index in [-0.39, 0.29) is 42.0 Å². The van der Waals surface area contributed by atoms with Gasteiger partial charge < -0.3 is 44.5 Å². The third-order valence-corrected chi connectivity index (χ3v) is 14.7. The lowest BCUT2D eigenvalue weighted by Crippen LogP contribution is -2.55. The summed E-state index contributed by atoms with van der Waals surface area (Å²) in [5.41, 5.74) is 2.54. The predicted octanol–water partition coefficient (Wildman–Crippen LogP) is 8.42. The third kappa shape index (κ3) is 13.1. The van der Waals surface area contributed by atoms with Crippen LogP contribution in [0.15, 0.2) is 41.5 Å². The fraction of sp³-hybridized carbons (Fsp3) is 0.736. The van der Waals surface area contributed by atoms with Crippen molar-refractivity contribution in [3.8, 4) is 0 Å². The maximum Gasteiger partial charge on any atom is 0.338 e. The first-order chi connectivity index (χ1) is 31.2. The molecule has 2 saturated heterocycles. The van der Waals surface area contributed by atoms with Crippen molar-refractivity contribution in [1.82, 2.24) is 10.6 Å². The van der Waals surface area contributed by atoms with E-state index in [1.54, 1.807) is 32.9 Å². The summed E-state index contributed by atoms with van der Waals surface area (Å²) >= 11 is 0. The molecule has 2 saturated carbocycles.